The first-order valence-electron chi connectivity index (χ1n) is 7.80. The molecule has 0 heterocycles. The van der Waals surface area contributed by atoms with Crippen LogP contribution in [-0.4, -0.2) is 25.7 Å². The van der Waals surface area contributed by atoms with Gasteiger partial charge in [0.05, 0.1) is 25.2 Å². The summed E-state index contributed by atoms with van der Waals surface area (Å²) in [6.45, 7) is 0.0694. The van der Waals surface area contributed by atoms with Crippen LogP contribution < -0.4 is 9.47 Å². The number of nitrogens with zero attached hydrogens (tertiary/aromatic N) is 1. The van der Waals surface area contributed by atoms with Gasteiger partial charge in [-0.05, 0) is 48.0 Å². The third-order valence-electron chi connectivity index (χ3n) is 3.29. The molecule has 2 aromatic carbocycles. The van der Waals surface area contributed by atoms with Gasteiger partial charge in [0.15, 0.2) is 0 Å². The summed E-state index contributed by atoms with van der Waals surface area (Å²) in [7, 11) is 1.55. The van der Waals surface area contributed by atoms with Crippen LogP contribution in [0.15, 0.2) is 54.6 Å². The predicted octanol–water partition coefficient (Wildman–Crippen LogP) is 3.38. The highest BCUT2D eigenvalue weighted by molar-refractivity contribution is 5.91. The topological polar surface area (TPSA) is 85.6 Å². The summed E-state index contributed by atoms with van der Waals surface area (Å²) in [6, 6.07) is 15.2. The van der Waals surface area contributed by atoms with Crippen molar-refractivity contribution in [2.45, 2.75) is 6.42 Å². The van der Waals surface area contributed by atoms with Gasteiger partial charge in [-0.15, -0.1) is 0 Å². The minimum absolute atomic E-state index is 0.0694. The molecule has 2 rings (SSSR count). The molecule has 0 aliphatic rings. The van der Waals surface area contributed by atoms with Crippen LogP contribution in [0, 0.1) is 11.3 Å². The van der Waals surface area contributed by atoms with Crippen molar-refractivity contribution in [1.82, 2.24) is 0 Å². The Morgan fingerprint density at radius 3 is 2.31 bits per heavy atom. The Kier molecular flexibility index (Phi) is 6.95. The van der Waals surface area contributed by atoms with Crippen molar-refractivity contribution in [3.8, 4) is 17.6 Å². The molecule has 0 saturated heterocycles. The summed E-state index contributed by atoms with van der Waals surface area (Å²) in [5.74, 6) is 0.0516. The Balaban J connectivity index is 1.91. The largest absolute Gasteiger partial charge is 0.497 e. The van der Waals surface area contributed by atoms with Crippen LogP contribution >= 0.6 is 0 Å². The second kappa shape index (κ2) is 9.64. The maximum Gasteiger partial charge on any atom is 0.343 e. The molecule has 0 radical (unpaired) electrons. The quantitative estimate of drug-likeness (QED) is 0.329. The van der Waals surface area contributed by atoms with Gasteiger partial charge >= 0.3 is 11.9 Å². The highest BCUT2D eigenvalue weighted by Crippen LogP contribution is 2.17. The molecule has 0 aromatic heterocycles. The van der Waals surface area contributed by atoms with Crippen LogP contribution in [0.25, 0.3) is 6.08 Å². The summed E-state index contributed by atoms with van der Waals surface area (Å²) in [4.78, 5) is 23.5. The van der Waals surface area contributed by atoms with E-state index in [1.165, 1.54) is 6.08 Å². The highest BCUT2D eigenvalue weighted by atomic mass is 16.5. The van der Waals surface area contributed by atoms with Gasteiger partial charge in [-0.25, -0.2) is 9.59 Å². The lowest BCUT2D eigenvalue weighted by Gasteiger charge is -2.05. The Bertz CT molecular complexity index is 817. The third kappa shape index (κ3) is 5.80. The highest BCUT2D eigenvalue weighted by Gasteiger charge is 2.08. The molecule has 0 unspecified atom stereocenters. The zero-order chi connectivity index (χ0) is 18.8. The van der Waals surface area contributed by atoms with Crippen molar-refractivity contribution in [1.29, 1.82) is 5.26 Å². The minimum Gasteiger partial charge on any atom is -0.497 e. The normalized spacial score (nSPS) is 10.2. The van der Waals surface area contributed by atoms with Crippen molar-refractivity contribution in [2.75, 3.05) is 13.7 Å². The number of ether oxygens (including phenoxy) is 3. The fourth-order valence-corrected chi connectivity index (χ4v) is 1.95. The Hall–Kier alpha value is -3.59. The molecule has 0 amide bonds. The number of hydrogen-bond donors (Lipinski definition) is 0. The van der Waals surface area contributed by atoms with Crippen molar-refractivity contribution >= 4 is 18.0 Å². The molecule has 0 aliphatic carbocycles. The Morgan fingerprint density at radius 2 is 1.69 bits per heavy atom. The first-order chi connectivity index (χ1) is 12.6. The fourth-order valence-electron chi connectivity index (χ4n) is 1.95. The first-order valence-corrected chi connectivity index (χ1v) is 7.80. The summed E-state index contributed by atoms with van der Waals surface area (Å²) in [6.07, 6.45) is 3.01. The molecule has 0 saturated carbocycles. The van der Waals surface area contributed by atoms with E-state index in [4.69, 9.17) is 19.5 Å². The standard InChI is InChI=1S/C20H17NO5/c1-24-17-10-6-16(7-11-17)20(23)26-18-8-3-15(4-9-18)5-12-19(22)25-14-2-13-21/h3-12H,2,14H2,1H3/b12-5+. The maximum atomic E-state index is 12.1. The number of hydrogen-bond acceptors (Lipinski definition) is 6. The van der Waals surface area contributed by atoms with E-state index < -0.39 is 11.9 Å². The summed E-state index contributed by atoms with van der Waals surface area (Å²) in [5, 5.41) is 8.37. The number of benzene rings is 2. The second-order valence-corrected chi connectivity index (χ2v) is 5.10. The maximum absolute atomic E-state index is 12.1. The molecular weight excluding hydrogens is 334 g/mol. The smallest absolute Gasteiger partial charge is 0.343 e. The van der Waals surface area contributed by atoms with E-state index in [-0.39, 0.29) is 13.0 Å². The number of methoxy groups -OCH3 is 1. The van der Waals surface area contributed by atoms with E-state index in [0.717, 1.165) is 5.56 Å². The first kappa shape index (κ1) is 18.7. The molecule has 0 N–H and O–H groups in total. The average molecular weight is 351 g/mol. The molecule has 0 spiro atoms. The molecule has 6 nitrogen and oxygen atoms in total. The lowest BCUT2D eigenvalue weighted by atomic mass is 10.2. The van der Waals surface area contributed by atoms with Crippen molar-refractivity contribution in [2.24, 2.45) is 0 Å². The number of nitriles is 1. The summed E-state index contributed by atoms with van der Waals surface area (Å²) in [5.41, 5.74) is 1.15. The van der Waals surface area contributed by atoms with Gasteiger partial charge in [0, 0.05) is 6.08 Å². The third-order valence-corrected chi connectivity index (χ3v) is 3.29. The minimum atomic E-state index is -0.518. The SMILES string of the molecule is COc1ccc(C(=O)Oc2ccc(/C=C/C(=O)OCCC#N)cc2)cc1. The van der Waals surface area contributed by atoms with E-state index >= 15 is 0 Å². The number of rotatable bonds is 7. The van der Waals surface area contributed by atoms with Gasteiger partial charge in [0.1, 0.15) is 18.1 Å². The molecule has 26 heavy (non-hydrogen) atoms. The zero-order valence-corrected chi connectivity index (χ0v) is 14.2. The summed E-state index contributed by atoms with van der Waals surface area (Å²) >= 11 is 0. The zero-order valence-electron chi connectivity index (χ0n) is 14.2. The van der Waals surface area contributed by atoms with E-state index in [9.17, 15) is 9.59 Å². The molecule has 6 heteroatoms. The Labute approximate surface area is 151 Å². The number of carbonyl (C=O) groups excluding carboxylic acids is 2. The van der Waals surface area contributed by atoms with Gasteiger partial charge in [0.2, 0.25) is 0 Å². The lowest BCUT2D eigenvalue weighted by molar-refractivity contribution is -0.137. The predicted molar refractivity (Wildman–Crippen MR) is 94.6 cm³/mol. The van der Waals surface area contributed by atoms with Crippen LogP contribution in [0.5, 0.6) is 11.5 Å². The van der Waals surface area contributed by atoms with E-state index in [1.54, 1.807) is 61.7 Å². The average Bonchev–Trinajstić information content (AvgIpc) is 2.67. The lowest BCUT2D eigenvalue weighted by Crippen LogP contribution is -2.08. The van der Waals surface area contributed by atoms with E-state index in [1.807, 2.05) is 6.07 Å². The molecule has 2 aromatic rings. The number of carbonyl (C=O) groups is 2. The second-order valence-electron chi connectivity index (χ2n) is 5.10. The van der Waals surface area contributed by atoms with Crippen LogP contribution in [0.1, 0.15) is 22.3 Å². The summed E-state index contributed by atoms with van der Waals surface area (Å²) < 4.78 is 15.2. The van der Waals surface area contributed by atoms with Gasteiger partial charge in [0.25, 0.3) is 0 Å². The van der Waals surface area contributed by atoms with E-state index in [2.05, 4.69) is 0 Å². The molecule has 0 fully saturated rings. The number of esters is 2. The molecular formula is C20H17NO5. The van der Waals surface area contributed by atoms with Gasteiger partial charge < -0.3 is 14.2 Å². The molecule has 132 valence electrons. The molecule has 0 aliphatic heterocycles. The van der Waals surface area contributed by atoms with Gasteiger partial charge in [-0.2, -0.15) is 5.26 Å². The van der Waals surface area contributed by atoms with E-state index in [0.29, 0.717) is 17.1 Å². The van der Waals surface area contributed by atoms with Crippen molar-refractivity contribution in [3.63, 3.8) is 0 Å². The van der Waals surface area contributed by atoms with Crippen molar-refractivity contribution < 1.29 is 23.8 Å². The Morgan fingerprint density at radius 1 is 1.04 bits per heavy atom. The van der Waals surface area contributed by atoms with Crippen LogP contribution in [0.2, 0.25) is 0 Å². The monoisotopic (exact) mass is 351 g/mol. The van der Waals surface area contributed by atoms with Gasteiger partial charge in [-0.3, -0.25) is 0 Å². The van der Waals surface area contributed by atoms with Gasteiger partial charge in [-0.1, -0.05) is 12.1 Å². The fraction of sp³-hybridized carbons (Fsp3) is 0.150. The van der Waals surface area contributed by atoms with Crippen LogP contribution in [0.3, 0.4) is 0 Å². The van der Waals surface area contributed by atoms with Crippen molar-refractivity contribution in [3.05, 3.63) is 65.7 Å². The van der Waals surface area contributed by atoms with Crippen LogP contribution in [0.4, 0.5) is 0 Å². The molecule has 0 bridgehead atoms. The molecule has 0 atom stereocenters. The van der Waals surface area contributed by atoms with Crippen LogP contribution in [-0.2, 0) is 9.53 Å².